The van der Waals surface area contributed by atoms with Gasteiger partial charge in [0.25, 0.3) is 5.91 Å². The summed E-state index contributed by atoms with van der Waals surface area (Å²) in [6.07, 6.45) is -3.49. The van der Waals surface area contributed by atoms with Crippen LogP contribution in [0.2, 0.25) is 0 Å². The van der Waals surface area contributed by atoms with Gasteiger partial charge < -0.3 is 19.4 Å². The molecule has 0 spiro atoms. The lowest BCUT2D eigenvalue weighted by molar-refractivity contribution is -0.141. The largest absolute Gasteiger partial charge is 0.435 e. The number of halogens is 4. The molecule has 0 unspecified atom stereocenters. The van der Waals surface area contributed by atoms with E-state index in [0.717, 1.165) is 39.5 Å². The number of aromatic nitrogens is 3. The van der Waals surface area contributed by atoms with Crippen molar-refractivity contribution < 1.29 is 22.7 Å². The number of anilines is 2. The number of hydrogen-bond donors (Lipinski definition) is 0. The summed E-state index contributed by atoms with van der Waals surface area (Å²) < 4.78 is 46.9. The van der Waals surface area contributed by atoms with Gasteiger partial charge >= 0.3 is 6.18 Å². The molecule has 2 fully saturated rings. The average Bonchev–Trinajstić information content (AvgIpc) is 3.41. The Balaban J connectivity index is 0.00000370. The van der Waals surface area contributed by atoms with Crippen molar-refractivity contribution in [1.82, 2.24) is 20.1 Å². The first-order chi connectivity index (χ1) is 18.6. The van der Waals surface area contributed by atoms with Crippen LogP contribution in [0, 0.1) is 13.8 Å². The van der Waals surface area contributed by atoms with Crippen LogP contribution in [0.15, 0.2) is 30.3 Å². The molecule has 2 aliphatic rings. The fourth-order valence-electron chi connectivity index (χ4n) is 5.09. The van der Waals surface area contributed by atoms with Gasteiger partial charge in [-0.15, -0.1) is 22.6 Å². The summed E-state index contributed by atoms with van der Waals surface area (Å²) in [5.74, 6) is 0.161. The second-order valence-electron chi connectivity index (χ2n) is 9.89. The Kier molecular flexibility index (Phi) is 9.21. The Morgan fingerprint density at radius 2 is 1.65 bits per heavy atom. The molecule has 0 saturated carbocycles. The standard InChI is InChI=1S/C27H31F3N6O2S.ClH/c1-17-18(2)24(33-32-21(17)19-7-5-4-6-8-19)35-11-9-20(10-12-35)34(3)25(37)22-23(27(28,29)30)31-26(39-22)36-13-15-38-16-14-36;/h4-8,20H,9-16H2,1-3H3;1H. The zero-order chi connectivity index (χ0) is 27.7. The van der Waals surface area contributed by atoms with Gasteiger partial charge in [0.15, 0.2) is 16.6 Å². The van der Waals surface area contributed by atoms with E-state index in [2.05, 4.69) is 20.1 Å². The maximum atomic E-state index is 13.9. The van der Waals surface area contributed by atoms with Gasteiger partial charge in [-0.3, -0.25) is 4.79 Å². The fraction of sp³-hybridized carbons (Fsp3) is 0.481. The molecule has 3 aromatic rings. The van der Waals surface area contributed by atoms with E-state index in [-0.39, 0.29) is 28.5 Å². The number of morpholine rings is 1. The van der Waals surface area contributed by atoms with Crippen molar-refractivity contribution >= 4 is 40.6 Å². The number of piperidine rings is 1. The molecule has 0 N–H and O–H groups in total. The van der Waals surface area contributed by atoms with E-state index in [1.54, 1.807) is 11.9 Å². The minimum Gasteiger partial charge on any atom is -0.378 e. The number of ether oxygens (including phenoxy) is 1. The van der Waals surface area contributed by atoms with Gasteiger partial charge in [-0.1, -0.05) is 41.7 Å². The summed E-state index contributed by atoms with van der Waals surface area (Å²) in [5, 5.41) is 9.24. The number of carbonyl (C=O) groups excluding carboxylic acids is 1. The lowest BCUT2D eigenvalue weighted by Gasteiger charge is -2.37. The average molecular weight is 597 g/mol. The van der Waals surface area contributed by atoms with Crippen molar-refractivity contribution in [2.24, 2.45) is 0 Å². The smallest absolute Gasteiger partial charge is 0.378 e. The van der Waals surface area contributed by atoms with E-state index in [1.807, 2.05) is 44.2 Å². The van der Waals surface area contributed by atoms with Gasteiger partial charge in [0.05, 0.1) is 18.9 Å². The van der Waals surface area contributed by atoms with E-state index < -0.39 is 17.8 Å². The van der Waals surface area contributed by atoms with Crippen molar-refractivity contribution in [3.63, 3.8) is 0 Å². The normalized spacial score (nSPS) is 16.6. The van der Waals surface area contributed by atoms with Crippen molar-refractivity contribution in [2.75, 3.05) is 56.2 Å². The molecule has 0 radical (unpaired) electrons. The maximum Gasteiger partial charge on any atom is 0.435 e. The molecule has 2 aromatic heterocycles. The molecular weight excluding hydrogens is 565 g/mol. The summed E-state index contributed by atoms with van der Waals surface area (Å²) in [4.78, 5) is 22.2. The van der Waals surface area contributed by atoms with Gasteiger partial charge in [-0.05, 0) is 37.8 Å². The molecule has 40 heavy (non-hydrogen) atoms. The molecule has 8 nitrogen and oxygen atoms in total. The summed E-state index contributed by atoms with van der Waals surface area (Å²) in [6.45, 7) is 7.03. The number of benzene rings is 1. The number of carbonyl (C=O) groups is 1. The minimum atomic E-state index is -4.71. The molecular formula is C27H32ClF3N6O2S. The van der Waals surface area contributed by atoms with Gasteiger partial charge in [-0.25, -0.2) is 4.98 Å². The molecule has 0 aliphatic carbocycles. The van der Waals surface area contributed by atoms with Crippen LogP contribution in [-0.4, -0.2) is 78.5 Å². The zero-order valence-corrected chi connectivity index (χ0v) is 24.2. The molecule has 2 aliphatic heterocycles. The van der Waals surface area contributed by atoms with Crippen LogP contribution in [0.1, 0.15) is 39.3 Å². The van der Waals surface area contributed by atoms with Crippen molar-refractivity contribution in [2.45, 2.75) is 38.9 Å². The zero-order valence-electron chi connectivity index (χ0n) is 22.6. The Morgan fingerprint density at radius 1 is 1.00 bits per heavy atom. The molecule has 4 heterocycles. The molecule has 216 valence electrons. The Morgan fingerprint density at radius 3 is 2.27 bits per heavy atom. The van der Waals surface area contributed by atoms with E-state index in [4.69, 9.17) is 4.74 Å². The van der Waals surface area contributed by atoms with E-state index in [1.165, 1.54) is 4.90 Å². The third-order valence-corrected chi connectivity index (χ3v) is 8.64. The highest BCUT2D eigenvalue weighted by Gasteiger charge is 2.42. The van der Waals surface area contributed by atoms with Gasteiger partial charge in [0, 0.05) is 44.8 Å². The predicted octanol–water partition coefficient (Wildman–Crippen LogP) is 5.24. The first-order valence-electron chi connectivity index (χ1n) is 13.0. The minimum absolute atomic E-state index is 0. The Hall–Kier alpha value is -2.96. The quantitative estimate of drug-likeness (QED) is 0.399. The number of hydrogen-bond acceptors (Lipinski definition) is 8. The van der Waals surface area contributed by atoms with E-state index in [0.29, 0.717) is 52.2 Å². The predicted molar refractivity (Wildman–Crippen MR) is 152 cm³/mol. The molecule has 1 aromatic carbocycles. The number of thiazole rings is 1. The first-order valence-corrected chi connectivity index (χ1v) is 13.8. The lowest BCUT2D eigenvalue weighted by atomic mass is 10.0. The highest BCUT2D eigenvalue weighted by Crippen LogP contribution is 2.39. The van der Waals surface area contributed by atoms with Crippen LogP contribution in [0.4, 0.5) is 24.1 Å². The van der Waals surface area contributed by atoms with Crippen LogP contribution in [0.3, 0.4) is 0 Å². The first kappa shape index (κ1) is 30.0. The van der Waals surface area contributed by atoms with Crippen LogP contribution in [-0.2, 0) is 10.9 Å². The van der Waals surface area contributed by atoms with E-state index >= 15 is 0 Å². The van der Waals surface area contributed by atoms with Crippen LogP contribution >= 0.6 is 23.7 Å². The number of rotatable bonds is 5. The molecule has 1 amide bonds. The summed E-state index contributed by atoms with van der Waals surface area (Å²) in [7, 11) is 1.58. The number of alkyl halides is 3. The molecule has 0 atom stereocenters. The second-order valence-corrected chi connectivity index (χ2v) is 10.9. The van der Waals surface area contributed by atoms with Crippen molar-refractivity contribution in [3.8, 4) is 11.3 Å². The van der Waals surface area contributed by atoms with Crippen molar-refractivity contribution in [3.05, 3.63) is 52.0 Å². The highest BCUT2D eigenvalue weighted by atomic mass is 35.5. The third-order valence-electron chi connectivity index (χ3n) is 7.54. The van der Waals surface area contributed by atoms with Crippen LogP contribution in [0.25, 0.3) is 11.3 Å². The summed E-state index contributed by atoms with van der Waals surface area (Å²) in [6, 6.07) is 9.71. The van der Waals surface area contributed by atoms with Crippen LogP contribution in [0.5, 0.6) is 0 Å². The lowest BCUT2D eigenvalue weighted by Crippen LogP contribution is -2.46. The van der Waals surface area contributed by atoms with Crippen LogP contribution < -0.4 is 9.80 Å². The maximum absolute atomic E-state index is 13.9. The number of nitrogens with zero attached hydrogens (tertiary/aromatic N) is 6. The number of amides is 1. The Bertz CT molecular complexity index is 1330. The second kappa shape index (κ2) is 12.3. The summed E-state index contributed by atoms with van der Waals surface area (Å²) in [5.41, 5.74) is 2.85. The molecule has 13 heteroatoms. The van der Waals surface area contributed by atoms with E-state index in [9.17, 15) is 18.0 Å². The Labute approximate surface area is 241 Å². The van der Waals surface area contributed by atoms with Gasteiger partial charge in [0.2, 0.25) is 0 Å². The third kappa shape index (κ3) is 6.03. The molecule has 2 saturated heterocycles. The van der Waals surface area contributed by atoms with Gasteiger partial charge in [0.1, 0.15) is 4.88 Å². The molecule has 5 rings (SSSR count). The van der Waals surface area contributed by atoms with Gasteiger partial charge in [-0.2, -0.15) is 13.2 Å². The highest BCUT2D eigenvalue weighted by molar-refractivity contribution is 7.17. The monoisotopic (exact) mass is 596 g/mol. The molecule has 0 bridgehead atoms. The van der Waals surface area contributed by atoms with Crippen molar-refractivity contribution in [1.29, 1.82) is 0 Å². The topological polar surface area (TPSA) is 74.7 Å². The fourth-order valence-corrected chi connectivity index (χ4v) is 6.21. The SMILES string of the molecule is Cc1c(-c2ccccc2)nnc(N2CCC(N(C)C(=O)c3sc(N4CCOCC4)nc3C(F)(F)F)CC2)c1C.Cl. The summed E-state index contributed by atoms with van der Waals surface area (Å²) >= 11 is 0.813.